The van der Waals surface area contributed by atoms with Crippen LogP contribution in [0.15, 0.2) is 15.9 Å². The fraction of sp³-hybridized carbons (Fsp3) is 0.583. The number of carbonyl (C=O) groups is 1. The summed E-state index contributed by atoms with van der Waals surface area (Å²) in [5, 5.41) is 3.12. The summed E-state index contributed by atoms with van der Waals surface area (Å²) in [4.78, 5) is 12.7. The van der Waals surface area contributed by atoms with Gasteiger partial charge in [0.2, 0.25) is 0 Å². The van der Waals surface area contributed by atoms with Crippen molar-refractivity contribution in [2.24, 2.45) is 5.92 Å². The highest BCUT2D eigenvalue weighted by Crippen LogP contribution is 2.34. The van der Waals surface area contributed by atoms with E-state index >= 15 is 0 Å². The first-order valence-electron chi connectivity index (χ1n) is 5.75. The second-order valence-corrected chi connectivity index (χ2v) is 6.82. The molecule has 1 unspecified atom stereocenters. The van der Waals surface area contributed by atoms with Crippen LogP contribution >= 0.6 is 27.3 Å². The first-order valence-corrected chi connectivity index (χ1v) is 7.36. The zero-order chi connectivity index (χ0) is 11.5. The molecule has 0 saturated heterocycles. The van der Waals surface area contributed by atoms with E-state index < -0.39 is 0 Å². The van der Waals surface area contributed by atoms with E-state index in [1.54, 1.807) is 0 Å². The molecular weight excluding hydrogens is 286 g/mol. The van der Waals surface area contributed by atoms with Crippen LogP contribution in [0.3, 0.4) is 0 Å². The lowest BCUT2D eigenvalue weighted by Gasteiger charge is -2.15. The molecule has 16 heavy (non-hydrogen) atoms. The summed E-state index contributed by atoms with van der Waals surface area (Å²) in [5.41, 5.74) is 0. The minimum absolute atomic E-state index is 0.0724. The molecule has 88 valence electrons. The van der Waals surface area contributed by atoms with Crippen molar-refractivity contribution in [2.45, 2.75) is 38.6 Å². The van der Waals surface area contributed by atoms with Gasteiger partial charge in [0.25, 0.3) is 5.91 Å². The van der Waals surface area contributed by atoms with E-state index in [1.165, 1.54) is 24.2 Å². The number of amides is 1. The van der Waals surface area contributed by atoms with E-state index in [0.29, 0.717) is 6.04 Å². The Hall–Kier alpha value is -0.350. The van der Waals surface area contributed by atoms with Gasteiger partial charge in [-0.1, -0.05) is 19.8 Å². The van der Waals surface area contributed by atoms with E-state index in [9.17, 15) is 4.79 Å². The van der Waals surface area contributed by atoms with Crippen molar-refractivity contribution in [3.63, 3.8) is 0 Å². The monoisotopic (exact) mass is 301 g/mol. The smallest absolute Gasteiger partial charge is 0.261 e. The molecule has 1 aliphatic carbocycles. The topological polar surface area (TPSA) is 29.1 Å². The van der Waals surface area contributed by atoms with Crippen molar-refractivity contribution in [2.75, 3.05) is 0 Å². The Balaban J connectivity index is 1.89. The summed E-state index contributed by atoms with van der Waals surface area (Å²) in [6.45, 7) is 2.14. The van der Waals surface area contributed by atoms with Crippen LogP contribution in [-0.2, 0) is 0 Å². The van der Waals surface area contributed by atoms with Gasteiger partial charge < -0.3 is 5.32 Å². The molecule has 1 fully saturated rings. The maximum atomic E-state index is 11.9. The maximum absolute atomic E-state index is 11.9. The van der Waals surface area contributed by atoms with Crippen molar-refractivity contribution in [3.8, 4) is 0 Å². The molecule has 2 rings (SSSR count). The number of carbonyl (C=O) groups excluding carboxylic acids is 1. The van der Waals surface area contributed by atoms with Crippen LogP contribution in [0.2, 0.25) is 0 Å². The van der Waals surface area contributed by atoms with Gasteiger partial charge in [0.1, 0.15) is 0 Å². The van der Waals surface area contributed by atoms with Gasteiger partial charge in [-0.15, -0.1) is 11.3 Å². The zero-order valence-corrected chi connectivity index (χ0v) is 11.7. The van der Waals surface area contributed by atoms with Gasteiger partial charge in [-0.25, -0.2) is 0 Å². The van der Waals surface area contributed by atoms with Crippen molar-refractivity contribution in [1.29, 1.82) is 0 Å². The van der Waals surface area contributed by atoms with Crippen LogP contribution < -0.4 is 5.32 Å². The highest BCUT2D eigenvalue weighted by atomic mass is 79.9. The van der Waals surface area contributed by atoms with Crippen molar-refractivity contribution in [3.05, 3.63) is 20.8 Å². The predicted molar refractivity (Wildman–Crippen MR) is 70.9 cm³/mol. The molecule has 0 spiro atoms. The molecule has 0 bridgehead atoms. The molecular formula is C12H16BrNOS. The SMILES string of the molecule is CCC(CC1CC1)NC(=O)c1ccc(Br)s1. The molecule has 1 aromatic rings. The average molecular weight is 302 g/mol. The minimum atomic E-state index is 0.0724. The maximum Gasteiger partial charge on any atom is 0.261 e. The molecule has 4 heteroatoms. The van der Waals surface area contributed by atoms with E-state index in [-0.39, 0.29) is 5.91 Å². The molecule has 0 radical (unpaired) electrons. The van der Waals surface area contributed by atoms with Gasteiger partial charge in [-0.05, 0) is 46.8 Å². The summed E-state index contributed by atoms with van der Waals surface area (Å²) in [6, 6.07) is 4.14. The van der Waals surface area contributed by atoms with Gasteiger partial charge >= 0.3 is 0 Å². The second kappa shape index (κ2) is 5.32. The van der Waals surface area contributed by atoms with Crippen LogP contribution in [0, 0.1) is 5.92 Å². The minimum Gasteiger partial charge on any atom is -0.349 e. The summed E-state index contributed by atoms with van der Waals surface area (Å²) >= 11 is 4.86. The van der Waals surface area contributed by atoms with Crippen LogP contribution in [0.4, 0.5) is 0 Å². The third-order valence-corrected chi connectivity index (χ3v) is 4.56. The molecule has 1 atom stereocenters. The normalized spacial score (nSPS) is 17.1. The number of hydrogen-bond donors (Lipinski definition) is 1. The number of halogens is 1. The molecule has 1 N–H and O–H groups in total. The molecule has 2 nitrogen and oxygen atoms in total. The van der Waals surface area contributed by atoms with Gasteiger partial charge in [-0.2, -0.15) is 0 Å². The highest BCUT2D eigenvalue weighted by Gasteiger charge is 2.25. The molecule has 0 aromatic carbocycles. The van der Waals surface area contributed by atoms with Crippen LogP contribution in [0.25, 0.3) is 0 Å². The van der Waals surface area contributed by atoms with E-state index in [1.807, 2.05) is 12.1 Å². The fourth-order valence-electron chi connectivity index (χ4n) is 1.78. The fourth-order valence-corrected chi connectivity index (χ4v) is 3.07. The van der Waals surface area contributed by atoms with Gasteiger partial charge in [-0.3, -0.25) is 4.79 Å². The molecule has 1 amide bonds. The molecule has 1 aromatic heterocycles. The number of thiophene rings is 1. The lowest BCUT2D eigenvalue weighted by atomic mass is 10.1. The standard InChI is InChI=1S/C12H16BrNOS/c1-2-9(7-8-3-4-8)14-12(15)10-5-6-11(13)16-10/h5-6,8-9H,2-4,7H2,1H3,(H,14,15). The van der Waals surface area contributed by atoms with Crippen LogP contribution in [-0.4, -0.2) is 11.9 Å². The Labute approximate surface area is 109 Å². The largest absolute Gasteiger partial charge is 0.349 e. The lowest BCUT2D eigenvalue weighted by Crippen LogP contribution is -2.34. The predicted octanol–water partition coefficient (Wildman–Crippen LogP) is 3.82. The first-order chi connectivity index (χ1) is 7.69. The van der Waals surface area contributed by atoms with Crippen molar-refractivity contribution in [1.82, 2.24) is 5.32 Å². The van der Waals surface area contributed by atoms with Crippen LogP contribution in [0.1, 0.15) is 42.3 Å². The van der Waals surface area contributed by atoms with Crippen molar-refractivity contribution >= 4 is 33.2 Å². The first kappa shape index (κ1) is 12.1. The number of hydrogen-bond acceptors (Lipinski definition) is 2. The quantitative estimate of drug-likeness (QED) is 0.880. The molecule has 1 saturated carbocycles. The number of nitrogens with one attached hydrogen (secondary N) is 1. The Morgan fingerprint density at radius 2 is 2.38 bits per heavy atom. The number of rotatable bonds is 5. The molecule has 1 heterocycles. The van der Waals surface area contributed by atoms with E-state index in [4.69, 9.17) is 0 Å². The van der Waals surface area contributed by atoms with Crippen molar-refractivity contribution < 1.29 is 4.79 Å². The van der Waals surface area contributed by atoms with E-state index in [2.05, 4.69) is 28.2 Å². The van der Waals surface area contributed by atoms with E-state index in [0.717, 1.165) is 27.4 Å². The lowest BCUT2D eigenvalue weighted by molar-refractivity contribution is 0.0937. The Bertz CT molecular complexity index is 373. The van der Waals surface area contributed by atoms with Crippen LogP contribution in [0.5, 0.6) is 0 Å². The zero-order valence-electron chi connectivity index (χ0n) is 9.33. The molecule has 0 aliphatic heterocycles. The van der Waals surface area contributed by atoms with Gasteiger partial charge in [0.05, 0.1) is 8.66 Å². The third kappa shape index (κ3) is 3.32. The van der Waals surface area contributed by atoms with Gasteiger partial charge in [0.15, 0.2) is 0 Å². The summed E-state index contributed by atoms with van der Waals surface area (Å²) in [5.74, 6) is 0.934. The Morgan fingerprint density at radius 3 is 2.88 bits per heavy atom. The second-order valence-electron chi connectivity index (χ2n) is 4.36. The highest BCUT2D eigenvalue weighted by molar-refractivity contribution is 9.11. The van der Waals surface area contributed by atoms with Gasteiger partial charge in [0, 0.05) is 6.04 Å². The third-order valence-electron chi connectivity index (χ3n) is 2.94. The summed E-state index contributed by atoms with van der Waals surface area (Å²) < 4.78 is 1.01. The molecule has 1 aliphatic rings. The summed E-state index contributed by atoms with van der Waals surface area (Å²) in [6.07, 6.45) is 4.86. The average Bonchev–Trinajstić information content (AvgIpc) is 2.97. The summed E-state index contributed by atoms with van der Waals surface area (Å²) in [7, 11) is 0. The Kier molecular flexibility index (Phi) is 4.03. The Morgan fingerprint density at radius 1 is 1.62 bits per heavy atom.